The number of hydrogen-bond donors (Lipinski definition) is 0. The minimum atomic E-state index is -0.175. The third-order valence-corrected chi connectivity index (χ3v) is 4.59. The standard InChI is InChI=1S/C21H18N4O2/c1-15-6-8-16(9-7-15)20(26)12-18-17-4-2-3-5-19(17)25(21(18)27)11-10-24-14-22-13-23-24/h2-9,12-14H,10-11H2,1H3/b18-12-. The molecule has 0 atom stereocenters. The van der Waals surface area contributed by atoms with Gasteiger partial charge in [0.05, 0.1) is 17.8 Å². The monoisotopic (exact) mass is 358 g/mol. The van der Waals surface area contributed by atoms with Crippen LogP contribution in [0.25, 0.3) is 5.57 Å². The van der Waals surface area contributed by atoms with Crippen molar-refractivity contribution in [1.82, 2.24) is 14.8 Å². The van der Waals surface area contributed by atoms with E-state index in [1.165, 1.54) is 12.4 Å². The topological polar surface area (TPSA) is 68.1 Å². The lowest BCUT2D eigenvalue weighted by Gasteiger charge is -2.16. The Kier molecular flexibility index (Phi) is 4.38. The Morgan fingerprint density at radius 3 is 2.59 bits per heavy atom. The second-order valence-corrected chi connectivity index (χ2v) is 6.42. The average molecular weight is 358 g/mol. The number of aromatic nitrogens is 3. The van der Waals surface area contributed by atoms with E-state index in [9.17, 15) is 9.59 Å². The quantitative estimate of drug-likeness (QED) is 0.519. The molecule has 0 spiro atoms. The molecule has 2 heterocycles. The molecule has 0 saturated heterocycles. The number of anilines is 1. The van der Waals surface area contributed by atoms with Crippen molar-refractivity contribution in [3.8, 4) is 0 Å². The van der Waals surface area contributed by atoms with E-state index in [-0.39, 0.29) is 11.7 Å². The van der Waals surface area contributed by atoms with Crippen LogP contribution in [-0.4, -0.2) is 33.0 Å². The lowest BCUT2D eigenvalue weighted by molar-refractivity contribution is -0.113. The molecule has 0 radical (unpaired) electrons. The molecule has 2 aromatic carbocycles. The Bertz CT molecular complexity index is 1020. The highest BCUT2D eigenvalue weighted by atomic mass is 16.2. The summed E-state index contributed by atoms with van der Waals surface area (Å²) in [6, 6.07) is 14.9. The number of carbonyl (C=O) groups is 2. The van der Waals surface area contributed by atoms with E-state index in [2.05, 4.69) is 10.1 Å². The van der Waals surface area contributed by atoms with Crippen molar-refractivity contribution >= 4 is 23.0 Å². The van der Waals surface area contributed by atoms with Gasteiger partial charge in [0.15, 0.2) is 5.78 Å². The highest BCUT2D eigenvalue weighted by Crippen LogP contribution is 2.36. The van der Waals surface area contributed by atoms with Crippen molar-refractivity contribution < 1.29 is 9.59 Å². The summed E-state index contributed by atoms with van der Waals surface area (Å²) in [4.78, 5) is 31.3. The lowest BCUT2D eigenvalue weighted by atomic mass is 10.0. The summed E-state index contributed by atoms with van der Waals surface area (Å²) in [6.45, 7) is 2.95. The number of amides is 1. The van der Waals surface area contributed by atoms with E-state index >= 15 is 0 Å². The van der Waals surface area contributed by atoms with Gasteiger partial charge in [-0.3, -0.25) is 14.3 Å². The van der Waals surface area contributed by atoms with Gasteiger partial charge in [0.25, 0.3) is 5.91 Å². The molecule has 0 aliphatic carbocycles. The number of nitrogens with zero attached hydrogens (tertiary/aromatic N) is 4. The molecule has 3 aromatic rings. The summed E-state index contributed by atoms with van der Waals surface area (Å²) in [5.41, 5.74) is 3.67. The van der Waals surface area contributed by atoms with E-state index in [0.717, 1.165) is 16.8 Å². The molecule has 6 nitrogen and oxygen atoms in total. The Labute approximate surface area is 156 Å². The van der Waals surface area contributed by atoms with Crippen LogP contribution in [0, 0.1) is 6.92 Å². The zero-order chi connectivity index (χ0) is 18.8. The zero-order valence-corrected chi connectivity index (χ0v) is 14.9. The number of carbonyl (C=O) groups excluding carboxylic acids is 2. The predicted molar refractivity (Wildman–Crippen MR) is 102 cm³/mol. The first-order chi connectivity index (χ1) is 13.1. The molecule has 0 bridgehead atoms. The number of allylic oxidation sites excluding steroid dienone is 1. The van der Waals surface area contributed by atoms with Crippen molar-refractivity contribution in [2.75, 3.05) is 11.4 Å². The van der Waals surface area contributed by atoms with Gasteiger partial charge in [0.2, 0.25) is 0 Å². The minimum Gasteiger partial charge on any atom is -0.306 e. The average Bonchev–Trinajstić information content (AvgIpc) is 3.28. The molecule has 0 saturated carbocycles. The first-order valence-corrected chi connectivity index (χ1v) is 8.70. The number of ketones is 1. The molecule has 6 heteroatoms. The molecule has 1 aliphatic rings. The number of para-hydroxylation sites is 1. The molecular formula is C21H18N4O2. The molecule has 27 heavy (non-hydrogen) atoms. The molecule has 134 valence electrons. The number of aryl methyl sites for hydroxylation is 1. The third-order valence-electron chi connectivity index (χ3n) is 4.59. The van der Waals surface area contributed by atoms with E-state index in [1.807, 2.05) is 43.3 Å². The van der Waals surface area contributed by atoms with Crippen LogP contribution < -0.4 is 4.90 Å². The second-order valence-electron chi connectivity index (χ2n) is 6.42. The van der Waals surface area contributed by atoms with E-state index in [1.54, 1.807) is 28.0 Å². The van der Waals surface area contributed by atoms with Gasteiger partial charge in [-0.2, -0.15) is 5.10 Å². The number of benzene rings is 2. The van der Waals surface area contributed by atoms with Crippen LogP contribution >= 0.6 is 0 Å². The summed E-state index contributed by atoms with van der Waals surface area (Å²) >= 11 is 0. The SMILES string of the molecule is Cc1ccc(C(=O)/C=C2\C(=O)N(CCn3cncn3)c3ccccc32)cc1. The largest absolute Gasteiger partial charge is 0.306 e. The van der Waals surface area contributed by atoms with Crippen molar-refractivity contribution in [3.63, 3.8) is 0 Å². The molecule has 0 unspecified atom stereocenters. The fourth-order valence-corrected chi connectivity index (χ4v) is 3.15. The van der Waals surface area contributed by atoms with Gasteiger partial charge in [-0.25, -0.2) is 4.98 Å². The third kappa shape index (κ3) is 3.29. The van der Waals surface area contributed by atoms with Gasteiger partial charge in [0, 0.05) is 17.7 Å². The van der Waals surface area contributed by atoms with Crippen LogP contribution in [0.3, 0.4) is 0 Å². The maximum atomic E-state index is 13.0. The van der Waals surface area contributed by atoms with Crippen LogP contribution in [-0.2, 0) is 11.3 Å². The first-order valence-electron chi connectivity index (χ1n) is 8.70. The summed E-state index contributed by atoms with van der Waals surface area (Å²) in [6.07, 6.45) is 4.52. The van der Waals surface area contributed by atoms with E-state index < -0.39 is 0 Å². The molecule has 1 aliphatic heterocycles. The summed E-state index contributed by atoms with van der Waals surface area (Å²) in [7, 11) is 0. The fraction of sp³-hybridized carbons (Fsp3) is 0.143. The molecule has 1 amide bonds. The van der Waals surface area contributed by atoms with E-state index in [4.69, 9.17) is 0 Å². The van der Waals surface area contributed by atoms with Gasteiger partial charge in [-0.15, -0.1) is 0 Å². The summed E-state index contributed by atoms with van der Waals surface area (Å²) < 4.78 is 1.68. The first kappa shape index (κ1) is 16.9. The van der Waals surface area contributed by atoms with Crippen molar-refractivity contribution in [3.05, 3.63) is 84.0 Å². The highest BCUT2D eigenvalue weighted by molar-refractivity contribution is 6.35. The molecule has 0 fully saturated rings. The van der Waals surface area contributed by atoms with Crippen LogP contribution in [0.1, 0.15) is 21.5 Å². The van der Waals surface area contributed by atoms with Gasteiger partial charge in [-0.1, -0.05) is 48.0 Å². The Balaban J connectivity index is 1.64. The lowest BCUT2D eigenvalue weighted by Crippen LogP contribution is -2.30. The van der Waals surface area contributed by atoms with Crippen LogP contribution in [0.2, 0.25) is 0 Å². The van der Waals surface area contributed by atoms with Gasteiger partial charge >= 0.3 is 0 Å². The number of rotatable bonds is 5. The van der Waals surface area contributed by atoms with Gasteiger partial charge < -0.3 is 4.90 Å². The zero-order valence-electron chi connectivity index (χ0n) is 14.9. The van der Waals surface area contributed by atoms with Crippen LogP contribution in [0.4, 0.5) is 5.69 Å². The fourth-order valence-electron chi connectivity index (χ4n) is 3.15. The smallest absolute Gasteiger partial charge is 0.259 e. The van der Waals surface area contributed by atoms with Crippen LogP contribution in [0.15, 0.2) is 67.3 Å². The van der Waals surface area contributed by atoms with Gasteiger partial charge in [0.1, 0.15) is 12.7 Å². The van der Waals surface area contributed by atoms with Gasteiger partial charge in [-0.05, 0) is 19.1 Å². The van der Waals surface area contributed by atoms with Crippen molar-refractivity contribution in [1.29, 1.82) is 0 Å². The molecular weight excluding hydrogens is 340 g/mol. The van der Waals surface area contributed by atoms with Crippen LogP contribution in [0.5, 0.6) is 0 Å². The maximum absolute atomic E-state index is 13.0. The Morgan fingerprint density at radius 1 is 1.07 bits per heavy atom. The minimum absolute atomic E-state index is 0.170. The maximum Gasteiger partial charge on any atom is 0.259 e. The Morgan fingerprint density at radius 2 is 1.85 bits per heavy atom. The molecule has 1 aromatic heterocycles. The number of fused-ring (bicyclic) bond motifs is 1. The van der Waals surface area contributed by atoms with Crippen molar-refractivity contribution in [2.24, 2.45) is 0 Å². The summed E-state index contributed by atoms with van der Waals surface area (Å²) in [5.74, 6) is -0.344. The molecule has 4 rings (SSSR count). The highest BCUT2D eigenvalue weighted by Gasteiger charge is 2.32. The predicted octanol–water partition coefficient (Wildman–Crippen LogP) is 2.90. The number of hydrogen-bond acceptors (Lipinski definition) is 4. The normalized spacial score (nSPS) is 14.6. The molecule has 0 N–H and O–H groups in total. The Hall–Kier alpha value is -3.54. The summed E-state index contributed by atoms with van der Waals surface area (Å²) in [5, 5.41) is 4.07. The second kappa shape index (κ2) is 6.99. The van der Waals surface area contributed by atoms with Crippen molar-refractivity contribution in [2.45, 2.75) is 13.5 Å². The van der Waals surface area contributed by atoms with E-state index in [0.29, 0.717) is 24.2 Å².